The standard InChI is InChI=1S/C36H43N7O4/c1-4-26(5-2)39-36(46)40-28-13-18-33(32(23-28)35(45)37-3)47-31-16-11-27(12-17-31)38-34(44)25-9-14-30(15-10-25)43-22-19-29(41-43)24-42-20-7-6-8-21-42/h9-19,22-23,26H,4-8,20-21,24H2,1-3H3,(H,37,45)(H,38,44)(H2,39,40,46). The highest BCUT2D eigenvalue weighted by Gasteiger charge is 2.16. The second-order valence-electron chi connectivity index (χ2n) is 11.6. The lowest BCUT2D eigenvalue weighted by Gasteiger charge is -2.25. The Morgan fingerprint density at radius 3 is 2.21 bits per heavy atom. The third-order valence-electron chi connectivity index (χ3n) is 8.24. The number of carbonyl (C=O) groups is 3. The fourth-order valence-electron chi connectivity index (χ4n) is 5.49. The summed E-state index contributed by atoms with van der Waals surface area (Å²) in [5, 5.41) is 16.0. The summed E-state index contributed by atoms with van der Waals surface area (Å²) in [5.74, 6) is 0.200. The van der Waals surface area contributed by atoms with Crippen molar-refractivity contribution in [1.29, 1.82) is 0 Å². The van der Waals surface area contributed by atoms with Crippen LogP contribution in [0.25, 0.3) is 5.69 Å². The third-order valence-corrected chi connectivity index (χ3v) is 8.24. The summed E-state index contributed by atoms with van der Waals surface area (Å²) >= 11 is 0. The molecule has 1 saturated heterocycles. The molecule has 0 aliphatic carbocycles. The van der Waals surface area contributed by atoms with Crippen molar-refractivity contribution in [3.8, 4) is 17.2 Å². The molecule has 11 heteroatoms. The molecule has 0 radical (unpaired) electrons. The first-order valence-electron chi connectivity index (χ1n) is 16.3. The van der Waals surface area contributed by atoms with E-state index in [0.29, 0.717) is 28.4 Å². The van der Waals surface area contributed by atoms with Crippen LogP contribution >= 0.6 is 0 Å². The molecule has 3 aromatic carbocycles. The Hall–Kier alpha value is -5.16. The number of carbonyl (C=O) groups excluding carboxylic acids is 3. The van der Waals surface area contributed by atoms with E-state index < -0.39 is 0 Å². The van der Waals surface area contributed by atoms with Gasteiger partial charge < -0.3 is 26.0 Å². The highest BCUT2D eigenvalue weighted by Crippen LogP contribution is 2.29. The third kappa shape index (κ3) is 8.98. The molecule has 5 rings (SSSR count). The number of likely N-dealkylation sites (tertiary alicyclic amines) is 1. The number of amides is 4. The van der Waals surface area contributed by atoms with E-state index >= 15 is 0 Å². The summed E-state index contributed by atoms with van der Waals surface area (Å²) in [6, 6.07) is 20.9. The Bertz CT molecular complexity index is 1660. The van der Waals surface area contributed by atoms with Crippen molar-refractivity contribution in [2.45, 2.75) is 58.5 Å². The van der Waals surface area contributed by atoms with E-state index in [1.54, 1.807) is 54.6 Å². The summed E-state index contributed by atoms with van der Waals surface area (Å²) in [4.78, 5) is 40.5. The molecule has 11 nitrogen and oxygen atoms in total. The molecular formula is C36H43N7O4. The SMILES string of the molecule is CCC(CC)NC(=O)Nc1ccc(Oc2ccc(NC(=O)c3ccc(-n4ccc(CN5CCCCC5)n4)cc3)cc2)c(C(=O)NC)c1. The molecule has 0 atom stereocenters. The van der Waals surface area contributed by atoms with E-state index in [4.69, 9.17) is 9.84 Å². The van der Waals surface area contributed by atoms with Crippen LogP contribution < -0.4 is 26.0 Å². The number of hydrogen-bond donors (Lipinski definition) is 4. The minimum absolute atomic E-state index is 0.0692. The molecule has 246 valence electrons. The number of hydrogen-bond acceptors (Lipinski definition) is 6. The zero-order valence-electron chi connectivity index (χ0n) is 27.2. The van der Waals surface area contributed by atoms with Gasteiger partial charge in [-0.05, 0) is 112 Å². The van der Waals surface area contributed by atoms with Crippen LogP contribution in [0.5, 0.6) is 11.5 Å². The minimum Gasteiger partial charge on any atom is -0.457 e. The zero-order chi connectivity index (χ0) is 33.2. The minimum atomic E-state index is -0.357. The van der Waals surface area contributed by atoms with Crippen molar-refractivity contribution >= 4 is 29.2 Å². The molecule has 47 heavy (non-hydrogen) atoms. The summed E-state index contributed by atoms with van der Waals surface area (Å²) in [6.45, 7) is 7.13. The molecule has 1 aromatic heterocycles. The van der Waals surface area contributed by atoms with E-state index in [9.17, 15) is 14.4 Å². The first-order chi connectivity index (χ1) is 22.8. The van der Waals surface area contributed by atoms with Crippen molar-refractivity contribution in [3.05, 3.63) is 95.8 Å². The van der Waals surface area contributed by atoms with Gasteiger partial charge in [0, 0.05) is 42.8 Å². The normalized spacial score (nSPS) is 13.2. The fraction of sp³-hybridized carbons (Fsp3) is 0.333. The van der Waals surface area contributed by atoms with Gasteiger partial charge >= 0.3 is 6.03 Å². The number of rotatable bonds is 12. The van der Waals surface area contributed by atoms with E-state index in [2.05, 4.69) is 26.2 Å². The van der Waals surface area contributed by atoms with E-state index in [1.165, 1.54) is 26.3 Å². The van der Waals surface area contributed by atoms with Crippen LogP contribution in [-0.2, 0) is 6.54 Å². The van der Waals surface area contributed by atoms with Gasteiger partial charge in [0.25, 0.3) is 11.8 Å². The number of urea groups is 1. The van der Waals surface area contributed by atoms with Crippen LogP contribution in [0.3, 0.4) is 0 Å². The molecule has 2 heterocycles. The molecule has 4 amide bonds. The topological polar surface area (TPSA) is 130 Å². The fourth-order valence-corrected chi connectivity index (χ4v) is 5.49. The monoisotopic (exact) mass is 637 g/mol. The molecule has 1 aliphatic rings. The van der Waals surface area contributed by atoms with Gasteiger partial charge in [0.15, 0.2) is 0 Å². The molecule has 4 N–H and O–H groups in total. The molecule has 0 bridgehead atoms. The lowest BCUT2D eigenvalue weighted by molar-refractivity contribution is 0.0959. The van der Waals surface area contributed by atoms with Crippen molar-refractivity contribution in [3.63, 3.8) is 0 Å². The van der Waals surface area contributed by atoms with Gasteiger partial charge in [-0.2, -0.15) is 5.10 Å². The van der Waals surface area contributed by atoms with E-state index in [1.807, 2.05) is 42.9 Å². The second-order valence-corrected chi connectivity index (χ2v) is 11.6. The lowest BCUT2D eigenvalue weighted by Crippen LogP contribution is -2.37. The number of piperidine rings is 1. The Labute approximate surface area is 275 Å². The molecule has 1 fully saturated rings. The van der Waals surface area contributed by atoms with Crippen LogP contribution in [0.2, 0.25) is 0 Å². The van der Waals surface area contributed by atoms with Gasteiger partial charge in [-0.25, -0.2) is 9.48 Å². The number of nitrogens with zero attached hydrogens (tertiary/aromatic N) is 3. The largest absolute Gasteiger partial charge is 0.457 e. The molecule has 0 saturated carbocycles. The van der Waals surface area contributed by atoms with Crippen molar-refractivity contribution < 1.29 is 19.1 Å². The van der Waals surface area contributed by atoms with Crippen molar-refractivity contribution in [2.24, 2.45) is 0 Å². The smallest absolute Gasteiger partial charge is 0.319 e. The summed E-state index contributed by atoms with van der Waals surface area (Å²) in [5.41, 5.74) is 3.77. The number of ether oxygens (including phenoxy) is 1. The van der Waals surface area contributed by atoms with Crippen molar-refractivity contribution in [2.75, 3.05) is 30.8 Å². The number of nitrogens with one attached hydrogen (secondary N) is 4. The first-order valence-corrected chi connectivity index (χ1v) is 16.3. The summed E-state index contributed by atoms with van der Waals surface area (Å²) in [6.07, 6.45) is 7.40. The Morgan fingerprint density at radius 2 is 1.53 bits per heavy atom. The van der Waals surface area contributed by atoms with Crippen LogP contribution in [-0.4, -0.2) is 58.7 Å². The second kappa shape index (κ2) is 15.9. The molecule has 4 aromatic rings. The Balaban J connectivity index is 1.18. The van der Waals surface area contributed by atoms with E-state index in [0.717, 1.165) is 43.9 Å². The summed E-state index contributed by atoms with van der Waals surface area (Å²) in [7, 11) is 1.53. The Morgan fingerprint density at radius 1 is 0.830 bits per heavy atom. The van der Waals surface area contributed by atoms with Crippen LogP contribution in [0.15, 0.2) is 79.0 Å². The molecular weight excluding hydrogens is 594 g/mol. The molecule has 1 aliphatic heterocycles. The number of aromatic nitrogens is 2. The van der Waals surface area contributed by atoms with E-state index in [-0.39, 0.29) is 29.5 Å². The van der Waals surface area contributed by atoms with Crippen LogP contribution in [0, 0.1) is 0 Å². The Kier molecular flexibility index (Phi) is 11.2. The van der Waals surface area contributed by atoms with Gasteiger partial charge in [0.2, 0.25) is 0 Å². The first kappa shape index (κ1) is 33.2. The van der Waals surface area contributed by atoms with Crippen LogP contribution in [0.4, 0.5) is 16.2 Å². The molecule has 0 spiro atoms. The summed E-state index contributed by atoms with van der Waals surface area (Å²) < 4.78 is 7.86. The maximum Gasteiger partial charge on any atom is 0.319 e. The van der Waals surface area contributed by atoms with Crippen LogP contribution in [0.1, 0.15) is 72.4 Å². The maximum atomic E-state index is 13.0. The average molecular weight is 638 g/mol. The molecule has 0 unspecified atom stereocenters. The highest BCUT2D eigenvalue weighted by molar-refractivity contribution is 6.04. The predicted molar refractivity (Wildman–Crippen MR) is 184 cm³/mol. The van der Waals surface area contributed by atoms with Gasteiger partial charge in [-0.15, -0.1) is 0 Å². The van der Waals surface area contributed by atoms with Gasteiger partial charge in [-0.1, -0.05) is 20.3 Å². The number of benzene rings is 3. The number of anilines is 2. The average Bonchev–Trinajstić information content (AvgIpc) is 3.57. The quantitative estimate of drug-likeness (QED) is 0.139. The lowest BCUT2D eigenvalue weighted by atomic mass is 10.1. The van der Waals surface area contributed by atoms with Crippen molar-refractivity contribution in [1.82, 2.24) is 25.3 Å². The maximum absolute atomic E-state index is 13.0. The highest BCUT2D eigenvalue weighted by atomic mass is 16.5. The van der Waals surface area contributed by atoms with Gasteiger partial charge in [0.1, 0.15) is 11.5 Å². The predicted octanol–water partition coefficient (Wildman–Crippen LogP) is 6.57. The van der Waals surface area contributed by atoms with Gasteiger partial charge in [-0.3, -0.25) is 14.5 Å². The van der Waals surface area contributed by atoms with Gasteiger partial charge in [0.05, 0.1) is 16.9 Å². The zero-order valence-corrected chi connectivity index (χ0v) is 27.2.